The monoisotopic (exact) mass is 160 g/mol. The van der Waals surface area contributed by atoms with E-state index in [0.717, 1.165) is 6.42 Å². The molecule has 1 atom stereocenters. The number of hydrogen-bond donors (Lipinski definition) is 1. The summed E-state index contributed by atoms with van der Waals surface area (Å²) in [7, 11) is 0. The predicted octanol–water partition coefficient (Wildman–Crippen LogP) is 2.11. The normalized spacial score (nSPS) is 15.1. The zero-order valence-corrected chi connectivity index (χ0v) is 6.88. The quantitative estimate of drug-likeness (QED) is 0.494. The smallest absolute Gasteiger partial charge is 0.0859 e. The molecular weight excluding hydrogens is 148 g/mol. The van der Waals surface area contributed by atoms with Gasteiger partial charge in [0.2, 0.25) is 0 Å². The van der Waals surface area contributed by atoms with E-state index >= 15 is 0 Å². The Balaban J connectivity index is 3.44. The van der Waals surface area contributed by atoms with Crippen molar-refractivity contribution in [1.82, 2.24) is 0 Å². The van der Waals surface area contributed by atoms with E-state index in [4.69, 9.17) is 16.7 Å². The minimum Gasteiger partial charge on any atom is -0.388 e. The Morgan fingerprint density at radius 2 is 2.20 bits per heavy atom. The molecule has 0 rings (SSSR count). The van der Waals surface area contributed by atoms with Crippen molar-refractivity contribution in [3.8, 4) is 0 Å². The van der Waals surface area contributed by atoms with Gasteiger partial charge in [-0.05, 0) is 6.42 Å². The van der Waals surface area contributed by atoms with E-state index in [1.807, 2.05) is 12.2 Å². The fraction of sp³-hybridized carbons (Fsp3) is 0.500. The van der Waals surface area contributed by atoms with Crippen molar-refractivity contribution in [2.75, 3.05) is 5.88 Å². The van der Waals surface area contributed by atoms with Gasteiger partial charge >= 0.3 is 0 Å². The van der Waals surface area contributed by atoms with Gasteiger partial charge in [0.1, 0.15) is 0 Å². The van der Waals surface area contributed by atoms with Gasteiger partial charge in [0, 0.05) is 0 Å². The Hall–Kier alpha value is -0.270. The largest absolute Gasteiger partial charge is 0.388 e. The van der Waals surface area contributed by atoms with Crippen LogP contribution < -0.4 is 0 Å². The summed E-state index contributed by atoms with van der Waals surface area (Å²) in [6.07, 6.45) is 7.88. The van der Waals surface area contributed by atoms with E-state index in [-0.39, 0.29) is 5.88 Å². The molecule has 1 N–H and O–H groups in total. The third-order valence-corrected chi connectivity index (χ3v) is 1.29. The van der Waals surface area contributed by atoms with Gasteiger partial charge in [-0.1, -0.05) is 31.2 Å². The van der Waals surface area contributed by atoms with Crippen molar-refractivity contribution in [1.29, 1.82) is 0 Å². The number of hydrogen-bond acceptors (Lipinski definition) is 1. The van der Waals surface area contributed by atoms with Crippen LogP contribution in [0.1, 0.15) is 13.3 Å². The molecule has 0 aliphatic carbocycles. The first-order valence-corrected chi connectivity index (χ1v) is 3.92. The Bertz CT molecular complexity index is 118. The maximum Gasteiger partial charge on any atom is 0.0859 e. The fourth-order valence-electron chi connectivity index (χ4n) is 0.458. The maximum atomic E-state index is 8.90. The Kier molecular flexibility index (Phi) is 6.66. The molecule has 0 radical (unpaired) electrons. The third kappa shape index (κ3) is 5.86. The number of rotatable bonds is 4. The van der Waals surface area contributed by atoms with Gasteiger partial charge in [0.25, 0.3) is 0 Å². The molecule has 0 amide bonds. The van der Waals surface area contributed by atoms with Crippen LogP contribution in [0.25, 0.3) is 0 Å². The molecule has 0 fully saturated rings. The molecule has 0 heterocycles. The van der Waals surface area contributed by atoms with Crippen molar-refractivity contribution >= 4 is 11.6 Å². The van der Waals surface area contributed by atoms with Crippen LogP contribution in [0.3, 0.4) is 0 Å². The Morgan fingerprint density at radius 1 is 1.50 bits per heavy atom. The highest BCUT2D eigenvalue weighted by Gasteiger charge is 1.90. The van der Waals surface area contributed by atoms with E-state index in [1.54, 1.807) is 12.2 Å². The number of halogens is 1. The highest BCUT2D eigenvalue weighted by molar-refractivity contribution is 6.18. The lowest BCUT2D eigenvalue weighted by atomic mass is 10.3. The molecule has 0 saturated heterocycles. The van der Waals surface area contributed by atoms with Crippen molar-refractivity contribution < 1.29 is 5.11 Å². The summed E-state index contributed by atoms with van der Waals surface area (Å²) in [6.45, 7) is 2.06. The molecule has 0 spiro atoms. The van der Waals surface area contributed by atoms with Crippen LogP contribution in [-0.2, 0) is 0 Å². The summed E-state index contributed by atoms with van der Waals surface area (Å²) in [5.74, 6) is 0.260. The number of aliphatic hydroxyl groups is 1. The van der Waals surface area contributed by atoms with E-state index in [0.29, 0.717) is 0 Å². The standard InChI is InChI=1S/C8H13ClO/c1-2-3-4-5-6-8(10)7-9/h3-6,8,10H,2,7H2,1H3/b4-3+,6-5+. The molecule has 58 valence electrons. The first kappa shape index (κ1) is 9.73. The van der Waals surface area contributed by atoms with Crippen LogP contribution in [0.15, 0.2) is 24.3 Å². The zero-order chi connectivity index (χ0) is 7.82. The van der Waals surface area contributed by atoms with Crippen molar-refractivity contribution in [2.24, 2.45) is 0 Å². The lowest BCUT2D eigenvalue weighted by molar-refractivity contribution is 0.247. The van der Waals surface area contributed by atoms with E-state index < -0.39 is 6.10 Å². The molecule has 2 heteroatoms. The van der Waals surface area contributed by atoms with Crippen molar-refractivity contribution in [3.63, 3.8) is 0 Å². The fourth-order valence-corrected chi connectivity index (χ4v) is 0.561. The minimum atomic E-state index is -0.511. The van der Waals surface area contributed by atoms with Crippen LogP contribution in [0.4, 0.5) is 0 Å². The first-order chi connectivity index (χ1) is 4.81. The molecule has 0 aromatic rings. The van der Waals surface area contributed by atoms with Gasteiger partial charge in [-0.2, -0.15) is 0 Å². The van der Waals surface area contributed by atoms with Gasteiger partial charge in [0.15, 0.2) is 0 Å². The van der Waals surface area contributed by atoms with E-state index in [2.05, 4.69) is 6.92 Å². The average molecular weight is 161 g/mol. The van der Waals surface area contributed by atoms with Crippen LogP contribution in [0.2, 0.25) is 0 Å². The summed E-state index contributed by atoms with van der Waals surface area (Å²) in [5, 5.41) is 8.90. The minimum absolute atomic E-state index is 0.260. The molecule has 0 aromatic heterocycles. The average Bonchev–Trinajstić information content (AvgIpc) is 1.98. The number of allylic oxidation sites excluding steroid dienone is 3. The SMILES string of the molecule is CC/C=C/C=C/C(O)CCl. The van der Waals surface area contributed by atoms with Crippen molar-refractivity contribution in [2.45, 2.75) is 19.4 Å². The lowest BCUT2D eigenvalue weighted by Gasteiger charge is -1.94. The molecule has 1 nitrogen and oxygen atoms in total. The molecule has 0 aliphatic heterocycles. The van der Waals surface area contributed by atoms with Gasteiger partial charge < -0.3 is 5.11 Å². The third-order valence-electron chi connectivity index (χ3n) is 0.974. The summed E-state index contributed by atoms with van der Waals surface area (Å²) >= 11 is 5.34. The van der Waals surface area contributed by atoms with Gasteiger partial charge in [-0.25, -0.2) is 0 Å². The second-order valence-corrected chi connectivity index (χ2v) is 2.25. The topological polar surface area (TPSA) is 20.2 Å². The highest BCUT2D eigenvalue weighted by atomic mass is 35.5. The van der Waals surface area contributed by atoms with Crippen LogP contribution in [0.5, 0.6) is 0 Å². The van der Waals surface area contributed by atoms with E-state index in [9.17, 15) is 0 Å². The number of aliphatic hydroxyl groups excluding tert-OH is 1. The van der Waals surface area contributed by atoms with Gasteiger partial charge in [-0.3, -0.25) is 0 Å². The molecular formula is C8H13ClO. The Morgan fingerprint density at radius 3 is 2.70 bits per heavy atom. The second kappa shape index (κ2) is 6.84. The summed E-state index contributed by atoms with van der Waals surface area (Å²) in [5.41, 5.74) is 0. The molecule has 0 aliphatic rings. The van der Waals surface area contributed by atoms with Gasteiger partial charge in [-0.15, -0.1) is 11.6 Å². The Labute approximate surface area is 67.0 Å². The van der Waals surface area contributed by atoms with Crippen molar-refractivity contribution in [3.05, 3.63) is 24.3 Å². The number of alkyl halides is 1. The molecule has 1 unspecified atom stereocenters. The van der Waals surface area contributed by atoms with Gasteiger partial charge in [0.05, 0.1) is 12.0 Å². The summed E-state index contributed by atoms with van der Waals surface area (Å²) < 4.78 is 0. The van der Waals surface area contributed by atoms with Crippen LogP contribution >= 0.6 is 11.6 Å². The molecule has 0 aromatic carbocycles. The highest BCUT2D eigenvalue weighted by Crippen LogP contribution is 1.90. The molecule has 0 bridgehead atoms. The summed E-state index contributed by atoms with van der Waals surface area (Å²) in [6, 6.07) is 0. The zero-order valence-electron chi connectivity index (χ0n) is 6.13. The first-order valence-electron chi connectivity index (χ1n) is 3.38. The second-order valence-electron chi connectivity index (χ2n) is 1.94. The molecule has 0 saturated carbocycles. The maximum absolute atomic E-state index is 8.90. The van der Waals surface area contributed by atoms with Crippen LogP contribution in [0, 0.1) is 0 Å². The molecule has 10 heavy (non-hydrogen) atoms. The van der Waals surface area contributed by atoms with E-state index in [1.165, 1.54) is 0 Å². The lowest BCUT2D eigenvalue weighted by Crippen LogP contribution is -2.01. The summed E-state index contributed by atoms with van der Waals surface area (Å²) in [4.78, 5) is 0. The predicted molar refractivity (Wildman–Crippen MR) is 45.3 cm³/mol. The van der Waals surface area contributed by atoms with Crippen LogP contribution in [-0.4, -0.2) is 17.1 Å².